The first-order valence-corrected chi connectivity index (χ1v) is 15.2. The average Bonchev–Trinajstić information content (AvgIpc) is 2.93. The van der Waals surface area contributed by atoms with Gasteiger partial charge in [-0.25, -0.2) is 9.97 Å². The van der Waals surface area contributed by atoms with Gasteiger partial charge in [-0.2, -0.15) is 15.2 Å². The lowest BCUT2D eigenvalue weighted by Gasteiger charge is -2.32. The van der Waals surface area contributed by atoms with Crippen LogP contribution >= 0.6 is 0 Å². The highest BCUT2D eigenvalue weighted by atomic mass is 16.3. The summed E-state index contributed by atoms with van der Waals surface area (Å²) in [7, 11) is 0. The molecule has 0 saturated heterocycles. The van der Waals surface area contributed by atoms with Gasteiger partial charge in [0.15, 0.2) is 0 Å². The van der Waals surface area contributed by atoms with Gasteiger partial charge in [-0.1, -0.05) is 13.8 Å². The van der Waals surface area contributed by atoms with Gasteiger partial charge < -0.3 is 37.2 Å². The molecule has 0 bridgehead atoms. The molecule has 13 heteroatoms. The van der Waals surface area contributed by atoms with Crippen LogP contribution in [0.2, 0.25) is 0 Å². The van der Waals surface area contributed by atoms with E-state index in [2.05, 4.69) is 54.2 Å². The lowest BCUT2D eigenvalue weighted by molar-refractivity contribution is 0.0737. The predicted molar refractivity (Wildman–Crippen MR) is 168 cm³/mol. The lowest BCUT2D eigenvalue weighted by atomic mass is 9.85. The Bertz CT molecular complexity index is 1250. The van der Waals surface area contributed by atoms with E-state index in [1.165, 1.54) is 12.4 Å². The second kappa shape index (κ2) is 15.6. The highest BCUT2D eigenvalue weighted by Gasteiger charge is 2.28. The number of aliphatic hydroxyl groups excluding tert-OH is 2. The summed E-state index contributed by atoms with van der Waals surface area (Å²) in [4.78, 5) is 28.5. The summed E-state index contributed by atoms with van der Waals surface area (Å²) in [6, 6.07) is 2.74. The van der Waals surface area contributed by atoms with Gasteiger partial charge in [-0.15, -0.1) is 0 Å². The Morgan fingerprint density at radius 3 is 1.77 bits per heavy atom. The number of amides is 1. The Kier molecular flexibility index (Phi) is 12.3. The van der Waals surface area contributed by atoms with Crippen molar-refractivity contribution in [3.63, 3.8) is 0 Å². The third-order valence-electron chi connectivity index (χ3n) is 7.79. The molecule has 4 rings (SSSR count). The molecule has 43 heavy (non-hydrogen) atoms. The van der Waals surface area contributed by atoms with Gasteiger partial charge in [-0.3, -0.25) is 4.79 Å². The van der Waals surface area contributed by atoms with Crippen LogP contribution in [0.4, 0.5) is 23.5 Å². The first-order chi connectivity index (χ1) is 20.4. The van der Waals surface area contributed by atoms with Crippen molar-refractivity contribution in [2.24, 2.45) is 17.6 Å². The first-order valence-electron chi connectivity index (χ1n) is 15.2. The number of anilines is 4. The van der Waals surface area contributed by atoms with Crippen molar-refractivity contribution in [1.82, 2.24) is 19.9 Å². The predicted octanol–water partition coefficient (Wildman–Crippen LogP) is 3.49. The average molecular weight is 597 g/mol. The maximum atomic E-state index is 11.5. The monoisotopic (exact) mass is 596 g/mol. The van der Waals surface area contributed by atoms with Crippen LogP contribution in [0.1, 0.15) is 96.0 Å². The standard InChI is InChI=1S/C15H25N5O2.C15H23N5O/c1-8(2)18-15-17-7-11(13(16)22)14(20-15)19-10-5-4-9(3)12(21)6-10;1-9(2)18-15-17-8-11(7-16)14(20-15)19-12-5-4-10(3)13(21)6-12/h7-10,12,21H,4-6H2,1-3H3,(H2,16,22)(H2,17,18,19,20);8-10,12-13,21H,4-6H2,1-3H3,(H2,17,18,19,20)/t9-,10-,12-;10-,12-,13-/m11/s1. The van der Waals surface area contributed by atoms with E-state index in [1.807, 2.05) is 34.6 Å². The highest BCUT2D eigenvalue weighted by Crippen LogP contribution is 2.28. The number of hydrogen-bond donors (Lipinski definition) is 7. The van der Waals surface area contributed by atoms with E-state index in [0.717, 1.165) is 25.7 Å². The molecule has 2 saturated carbocycles. The Morgan fingerprint density at radius 1 is 0.860 bits per heavy atom. The summed E-state index contributed by atoms with van der Waals surface area (Å²) in [5, 5.41) is 41.9. The molecule has 2 heterocycles. The summed E-state index contributed by atoms with van der Waals surface area (Å²) >= 11 is 0. The van der Waals surface area contributed by atoms with Crippen molar-refractivity contribution in [3.05, 3.63) is 23.5 Å². The number of nitriles is 1. The minimum Gasteiger partial charge on any atom is -0.393 e. The quantitative estimate of drug-likeness (QED) is 0.222. The summed E-state index contributed by atoms with van der Waals surface area (Å²) in [6.45, 7) is 12.1. The minimum absolute atomic E-state index is 0.0751. The summed E-state index contributed by atoms with van der Waals surface area (Å²) in [5.41, 5.74) is 6.09. The normalized spacial score (nSPS) is 25.2. The van der Waals surface area contributed by atoms with Gasteiger partial charge in [0.05, 0.1) is 24.0 Å². The summed E-state index contributed by atoms with van der Waals surface area (Å²) < 4.78 is 0. The number of aromatic nitrogens is 4. The zero-order valence-electron chi connectivity index (χ0n) is 26.1. The molecular weight excluding hydrogens is 548 g/mol. The van der Waals surface area contributed by atoms with Gasteiger partial charge >= 0.3 is 0 Å². The molecule has 8 N–H and O–H groups in total. The zero-order chi connectivity index (χ0) is 31.7. The van der Waals surface area contributed by atoms with E-state index in [9.17, 15) is 20.3 Å². The van der Waals surface area contributed by atoms with E-state index in [1.54, 1.807) is 0 Å². The number of nitrogens with zero attached hydrogens (tertiary/aromatic N) is 5. The maximum absolute atomic E-state index is 11.5. The topological polar surface area (TPSA) is 207 Å². The van der Waals surface area contributed by atoms with Gasteiger partial charge in [0.2, 0.25) is 11.9 Å². The Labute approximate surface area is 254 Å². The molecule has 2 aliphatic carbocycles. The van der Waals surface area contributed by atoms with Crippen molar-refractivity contribution >= 4 is 29.4 Å². The molecule has 2 aromatic heterocycles. The van der Waals surface area contributed by atoms with Crippen LogP contribution in [-0.4, -0.2) is 72.4 Å². The number of nitrogens with two attached hydrogens (primary N) is 1. The van der Waals surface area contributed by atoms with Crippen LogP contribution in [0, 0.1) is 23.2 Å². The Balaban J connectivity index is 0.000000236. The Morgan fingerprint density at radius 2 is 1.33 bits per heavy atom. The second-order valence-electron chi connectivity index (χ2n) is 12.4. The smallest absolute Gasteiger partial charge is 0.254 e. The van der Waals surface area contributed by atoms with Gasteiger partial charge in [0, 0.05) is 30.4 Å². The SMILES string of the molecule is CC(C)Nc1ncc(C#N)c(N[C@@H]2CC[C@@H](C)[C@H](O)C2)n1.CC(C)Nc1ncc(C(N)=O)c(N[C@@H]2CC[C@@H](C)[C@H](O)C2)n1. The van der Waals surface area contributed by atoms with Crippen molar-refractivity contribution in [2.45, 2.75) is 116 Å². The lowest BCUT2D eigenvalue weighted by Crippen LogP contribution is -2.35. The molecule has 0 radical (unpaired) electrons. The number of rotatable bonds is 9. The number of carbonyl (C=O) groups is 1. The molecule has 6 atom stereocenters. The Hall–Kier alpha value is -3.76. The number of carbonyl (C=O) groups excluding carboxylic acids is 1. The molecule has 2 aromatic rings. The van der Waals surface area contributed by atoms with E-state index >= 15 is 0 Å². The van der Waals surface area contributed by atoms with E-state index in [-0.39, 0.29) is 41.9 Å². The maximum Gasteiger partial charge on any atom is 0.254 e. The first kappa shape index (κ1) is 33.7. The molecule has 2 aliphatic rings. The van der Waals surface area contributed by atoms with Crippen molar-refractivity contribution < 1.29 is 15.0 Å². The third-order valence-corrected chi connectivity index (χ3v) is 7.79. The van der Waals surface area contributed by atoms with E-state index in [4.69, 9.17) is 5.73 Å². The van der Waals surface area contributed by atoms with Crippen molar-refractivity contribution in [3.8, 4) is 6.07 Å². The molecule has 1 amide bonds. The molecule has 0 aliphatic heterocycles. The summed E-state index contributed by atoms with van der Waals surface area (Å²) in [6.07, 6.45) is 7.46. The fourth-order valence-electron chi connectivity index (χ4n) is 5.15. The van der Waals surface area contributed by atoms with Crippen LogP contribution < -0.4 is 27.0 Å². The molecule has 0 unspecified atom stereocenters. The van der Waals surface area contributed by atoms with E-state index in [0.29, 0.717) is 53.8 Å². The zero-order valence-corrected chi connectivity index (χ0v) is 26.1. The molecule has 236 valence electrons. The molecular formula is C30H48N10O3. The van der Waals surface area contributed by atoms with E-state index < -0.39 is 5.91 Å². The third kappa shape index (κ3) is 10.2. The summed E-state index contributed by atoms with van der Waals surface area (Å²) in [5.74, 6) is 2.01. The van der Waals surface area contributed by atoms with Crippen LogP contribution in [0.25, 0.3) is 0 Å². The number of aliphatic hydroxyl groups is 2. The highest BCUT2D eigenvalue weighted by molar-refractivity contribution is 5.97. The minimum atomic E-state index is -0.566. The van der Waals surface area contributed by atoms with Crippen molar-refractivity contribution in [1.29, 1.82) is 5.26 Å². The number of nitrogens with one attached hydrogen (secondary N) is 4. The molecule has 13 nitrogen and oxygen atoms in total. The molecule has 0 spiro atoms. The molecule has 0 aromatic carbocycles. The largest absolute Gasteiger partial charge is 0.393 e. The van der Waals surface area contributed by atoms with Gasteiger partial charge in [-0.05, 0) is 78.1 Å². The van der Waals surface area contributed by atoms with Crippen LogP contribution in [0.15, 0.2) is 12.4 Å². The fraction of sp³-hybridized carbons (Fsp3) is 0.667. The number of primary amides is 1. The fourth-order valence-corrected chi connectivity index (χ4v) is 5.15. The second-order valence-corrected chi connectivity index (χ2v) is 12.4. The van der Waals surface area contributed by atoms with Crippen molar-refractivity contribution in [2.75, 3.05) is 21.3 Å². The van der Waals surface area contributed by atoms with Gasteiger partial charge in [0.25, 0.3) is 5.91 Å². The van der Waals surface area contributed by atoms with Crippen LogP contribution in [0.3, 0.4) is 0 Å². The molecule has 2 fully saturated rings. The number of hydrogen-bond acceptors (Lipinski definition) is 12. The van der Waals surface area contributed by atoms with Gasteiger partial charge in [0.1, 0.15) is 23.3 Å². The van der Waals surface area contributed by atoms with Crippen LogP contribution in [0.5, 0.6) is 0 Å². The van der Waals surface area contributed by atoms with Crippen LogP contribution in [-0.2, 0) is 0 Å².